The molecule has 0 bridgehead atoms. The lowest BCUT2D eigenvalue weighted by Crippen LogP contribution is -2.48. The molecule has 31 heavy (non-hydrogen) atoms. The van der Waals surface area contributed by atoms with E-state index in [2.05, 4.69) is 12.1 Å². The van der Waals surface area contributed by atoms with E-state index in [-0.39, 0.29) is 18.9 Å². The molecule has 0 aliphatic carbocycles. The summed E-state index contributed by atoms with van der Waals surface area (Å²) in [6, 6.07) is 17.8. The third-order valence-electron chi connectivity index (χ3n) is 5.82. The van der Waals surface area contributed by atoms with Crippen molar-refractivity contribution in [3.05, 3.63) is 60.2 Å². The van der Waals surface area contributed by atoms with Crippen molar-refractivity contribution in [2.24, 2.45) is 10.8 Å². The highest BCUT2D eigenvalue weighted by molar-refractivity contribution is 6.11. The molecule has 5 nitrogen and oxygen atoms in total. The molecule has 2 amide bonds. The fourth-order valence-electron chi connectivity index (χ4n) is 4.06. The maximum Gasteiger partial charge on any atom is 0.321 e. The van der Waals surface area contributed by atoms with Gasteiger partial charge in [-0.1, -0.05) is 75.4 Å². The number of carbonyl (C=O) groups is 3. The van der Waals surface area contributed by atoms with Crippen molar-refractivity contribution in [2.75, 3.05) is 6.61 Å². The maximum atomic E-state index is 13.3. The number of nitrogens with zero attached hydrogens (tertiary/aromatic N) is 1. The smallest absolute Gasteiger partial charge is 0.321 e. The van der Waals surface area contributed by atoms with E-state index in [1.165, 1.54) is 4.90 Å². The molecule has 3 rings (SSSR count). The number of benzene rings is 2. The van der Waals surface area contributed by atoms with Crippen LogP contribution in [-0.2, 0) is 25.5 Å². The average Bonchev–Trinajstić information content (AvgIpc) is 2.99. The van der Waals surface area contributed by atoms with Gasteiger partial charge in [0.25, 0.3) is 0 Å². The molecule has 164 valence electrons. The first-order chi connectivity index (χ1) is 14.6. The van der Waals surface area contributed by atoms with Gasteiger partial charge < -0.3 is 4.74 Å². The van der Waals surface area contributed by atoms with Crippen molar-refractivity contribution in [3.63, 3.8) is 0 Å². The highest BCUT2D eigenvalue weighted by atomic mass is 16.5. The Morgan fingerprint density at radius 1 is 1.03 bits per heavy atom. The minimum atomic E-state index is -1.34. The lowest BCUT2D eigenvalue weighted by atomic mass is 9.86. The molecular weight excluding hydrogens is 390 g/mol. The number of imide groups is 1. The van der Waals surface area contributed by atoms with Crippen LogP contribution in [0.4, 0.5) is 0 Å². The molecule has 0 saturated carbocycles. The highest BCUT2D eigenvalue weighted by Crippen LogP contribution is 2.40. The van der Waals surface area contributed by atoms with Gasteiger partial charge in [0, 0.05) is 11.5 Å². The Morgan fingerprint density at radius 3 is 2.16 bits per heavy atom. The van der Waals surface area contributed by atoms with Crippen molar-refractivity contribution in [3.8, 4) is 11.1 Å². The second-order valence-electron chi connectivity index (χ2n) is 9.41. The Hall–Kier alpha value is -2.95. The van der Waals surface area contributed by atoms with Crippen LogP contribution in [0.5, 0.6) is 0 Å². The van der Waals surface area contributed by atoms with Gasteiger partial charge in [0.15, 0.2) is 0 Å². The number of amides is 2. The van der Waals surface area contributed by atoms with Crippen molar-refractivity contribution >= 4 is 17.8 Å². The maximum absolute atomic E-state index is 13.3. The van der Waals surface area contributed by atoms with Crippen LogP contribution in [-0.4, -0.2) is 35.3 Å². The van der Waals surface area contributed by atoms with Crippen LogP contribution >= 0.6 is 0 Å². The van der Waals surface area contributed by atoms with Gasteiger partial charge in [-0.25, -0.2) is 0 Å². The molecule has 2 aromatic carbocycles. The summed E-state index contributed by atoms with van der Waals surface area (Å²) in [6.07, 6.45) is 0.755. The van der Waals surface area contributed by atoms with Gasteiger partial charge in [-0.15, -0.1) is 0 Å². The van der Waals surface area contributed by atoms with Crippen molar-refractivity contribution in [2.45, 2.75) is 53.5 Å². The molecule has 1 aliphatic heterocycles. The van der Waals surface area contributed by atoms with Crippen LogP contribution in [0.15, 0.2) is 54.6 Å². The quantitative estimate of drug-likeness (QED) is 0.521. The summed E-state index contributed by atoms with van der Waals surface area (Å²) in [5, 5.41) is 0. The Morgan fingerprint density at radius 2 is 1.61 bits per heavy atom. The predicted molar refractivity (Wildman–Crippen MR) is 120 cm³/mol. The average molecular weight is 422 g/mol. The summed E-state index contributed by atoms with van der Waals surface area (Å²) in [5.74, 6) is -1.29. The topological polar surface area (TPSA) is 63.7 Å². The lowest BCUT2D eigenvalue weighted by Gasteiger charge is -2.29. The number of carbonyl (C=O) groups excluding carboxylic acids is 3. The Bertz CT molecular complexity index is 959. The van der Waals surface area contributed by atoms with Gasteiger partial charge in [0.05, 0.1) is 6.61 Å². The largest absolute Gasteiger partial charge is 0.465 e. The fourth-order valence-corrected chi connectivity index (χ4v) is 4.06. The number of likely N-dealkylation sites (tertiary alicyclic amines) is 1. The first kappa shape index (κ1) is 22.7. The zero-order valence-corrected chi connectivity index (χ0v) is 19.0. The summed E-state index contributed by atoms with van der Waals surface area (Å²) < 4.78 is 5.18. The summed E-state index contributed by atoms with van der Waals surface area (Å²) in [5.41, 5.74) is 1.17. The number of hydrogen-bond acceptors (Lipinski definition) is 4. The number of esters is 1. The molecule has 2 atom stereocenters. The van der Waals surface area contributed by atoms with Crippen LogP contribution in [0.3, 0.4) is 0 Å². The SMILES string of the molecule is CCOC(=O)C1(C)CC(Cc2ccc(-c3ccccc3)cc2)N(C(=O)C(C)(C)C)C1=O. The molecule has 2 aromatic rings. The molecular formula is C26H31NO4. The number of ether oxygens (including phenoxy) is 1. The molecule has 5 heteroatoms. The molecule has 1 aliphatic rings. The van der Waals surface area contributed by atoms with E-state index in [9.17, 15) is 14.4 Å². The fraction of sp³-hybridized carbons (Fsp3) is 0.423. The minimum absolute atomic E-state index is 0.195. The molecule has 0 spiro atoms. The zero-order chi connectivity index (χ0) is 22.8. The van der Waals surface area contributed by atoms with E-state index in [0.717, 1.165) is 16.7 Å². The highest BCUT2D eigenvalue weighted by Gasteiger charge is 2.57. The van der Waals surface area contributed by atoms with Gasteiger partial charge in [-0.05, 0) is 43.4 Å². The predicted octanol–water partition coefficient (Wildman–Crippen LogP) is 4.64. The summed E-state index contributed by atoms with van der Waals surface area (Å²) in [4.78, 5) is 40.3. The van der Waals surface area contributed by atoms with E-state index in [4.69, 9.17) is 4.74 Å². The zero-order valence-electron chi connectivity index (χ0n) is 19.0. The van der Waals surface area contributed by atoms with E-state index in [0.29, 0.717) is 6.42 Å². The normalized spacial score (nSPS) is 21.3. The van der Waals surface area contributed by atoms with Crippen molar-refractivity contribution in [1.82, 2.24) is 4.90 Å². The molecule has 0 N–H and O–H groups in total. The Kier molecular flexibility index (Phi) is 6.35. The molecule has 1 heterocycles. The third-order valence-corrected chi connectivity index (χ3v) is 5.82. The van der Waals surface area contributed by atoms with Gasteiger partial charge in [0.2, 0.25) is 11.8 Å². The molecule has 0 radical (unpaired) electrons. The second kappa shape index (κ2) is 8.66. The first-order valence-electron chi connectivity index (χ1n) is 10.8. The van der Waals surface area contributed by atoms with E-state index in [1.54, 1.807) is 34.6 Å². The number of hydrogen-bond donors (Lipinski definition) is 0. The monoisotopic (exact) mass is 421 g/mol. The van der Waals surface area contributed by atoms with Crippen LogP contribution in [0, 0.1) is 10.8 Å². The van der Waals surface area contributed by atoms with Gasteiger partial charge in [0.1, 0.15) is 5.41 Å². The van der Waals surface area contributed by atoms with Crippen molar-refractivity contribution < 1.29 is 19.1 Å². The van der Waals surface area contributed by atoms with E-state index < -0.39 is 28.7 Å². The Balaban J connectivity index is 1.89. The van der Waals surface area contributed by atoms with Gasteiger partial charge in [-0.3, -0.25) is 19.3 Å². The summed E-state index contributed by atoms with van der Waals surface area (Å²) in [6.45, 7) is 8.86. The second-order valence-corrected chi connectivity index (χ2v) is 9.41. The van der Waals surface area contributed by atoms with E-state index >= 15 is 0 Å². The molecule has 1 saturated heterocycles. The first-order valence-corrected chi connectivity index (χ1v) is 10.8. The minimum Gasteiger partial charge on any atom is -0.465 e. The number of rotatable bonds is 5. The summed E-state index contributed by atoms with van der Waals surface area (Å²) >= 11 is 0. The molecule has 0 aromatic heterocycles. The molecule has 2 unspecified atom stereocenters. The van der Waals surface area contributed by atoms with Crippen LogP contribution in [0.25, 0.3) is 11.1 Å². The third kappa shape index (κ3) is 4.55. The summed E-state index contributed by atoms with van der Waals surface area (Å²) in [7, 11) is 0. The van der Waals surface area contributed by atoms with Crippen LogP contribution < -0.4 is 0 Å². The van der Waals surface area contributed by atoms with Gasteiger partial charge in [-0.2, -0.15) is 0 Å². The van der Waals surface area contributed by atoms with Crippen LogP contribution in [0.1, 0.15) is 46.6 Å². The van der Waals surface area contributed by atoms with Gasteiger partial charge >= 0.3 is 5.97 Å². The van der Waals surface area contributed by atoms with Crippen LogP contribution in [0.2, 0.25) is 0 Å². The standard InChI is InChI=1S/C26H31NO4/c1-6-31-24(30)26(5)17-21(27(23(26)29)22(28)25(2,3)4)16-18-12-14-20(15-13-18)19-10-8-7-9-11-19/h7-15,21H,6,16-17H2,1-5H3. The van der Waals surface area contributed by atoms with Crippen molar-refractivity contribution in [1.29, 1.82) is 0 Å². The Labute approximate surface area is 184 Å². The molecule has 1 fully saturated rings. The lowest BCUT2D eigenvalue weighted by molar-refractivity contribution is -0.162. The van der Waals surface area contributed by atoms with E-state index in [1.807, 2.05) is 42.5 Å².